The number of ether oxygens (including phenoxy) is 1. The van der Waals surface area contributed by atoms with E-state index in [9.17, 15) is 13.2 Å². The molecule has 2 fully saturated rings. The highest BCUT2D eigenvalue weighted by atomic mass is 32.2. The Labute approximate surface area is 136 Å². The van der Waals surface area contributed by atoms with Gasteiger partial charge in [-0.25, -0.2) is 13.2 Å². The molecule has 126 valence electrons. The highest BCUT2D eigenvalue weighted by Crippen LogP contribution is 2.22. The molecule has 2 amide bonds. The van der Waals surface area contributed by atoms with Gasteiger partial charge in [0.05, 0.1) is 31.6 Å². The smallest absolute Gasteiger partial charge is 0.322 e. The summed E-state index contributed by atoms with van der Waals surface area (Å²) in [6.07, 6.45) is 0.649. The number of carbonyl (C=O) groups excluding carboxylic acids is 1. The van der Waals surface area contributed by atoms with Crippen LogP contribution in [0.3, 0.4) is 0 Å². The fourth-order valence-corrected chi connectivity index (χ4v) is 3.87. The number of anilines is 1. The number of urea groups is 1. The number of hydrogen-bond acceptors (Lipinski definition) is 4. The van der Waals surface area contributed by atoms with Crippen LogP contribution >= 0.6 is 0 Å². The van der Waals surface area contributed by atoms with E-state index in [2.05, 4.69) is 5.32 Å². The third-order valence-corrected chi connectivity index (χ3v) is 5.43. The molecule has 0 saturated carbocycles. The maximum absolute atomic E-state index is 12.5. The number of nitrogens with one attached hydrogen (secondary N) is 1. The first-order chi connectivity index (χ1) is 10.8. The highest BCUT2D eigenvalue weighted by molar-refractivity contribution is 7.88. The summed E-state index contributed by atoms with van der Waals surface area (Å²) in [5.41, 5.74) is 1.78. The van der Waals surface area contributed by atoms with E-state index in [1.807, 2.05) is 31.2 Å². The van der Waals surface area contributed by atoms with E-state index >= 15 is 0 Å². The lowest BCUT2D eigenvalue weighted by molar-refractivity contribution is -0.110. The van der Waals surface area contributed by atoms with Crippen molar-refractivity contribution in [3.63, 3.8) is 0 Å². The van der Waals surface area contributed by atoms with Gasteiger partial charge in [-0.3, -0.25) is 0 Å². The Kier molecular flexibility index (Phi) is 4.31. The minimum absolute atomic E-state index is 0.176. The Balaban J connectivity index is 1.66. The Hall–Kier alpha value is -1.64. The summed E-state index contributed by atoms with van der Waals surface area (Å²) in [5.74, 6) is 0. The Morgan fingerprint density at radius 3 is 2.35 bits per heavy atom. The first-order valence-corrected chi connectivity index (χ1v) is 9.40. The van der Waals surface area contributed by atoms with Gasteiger partial charge in [-0.1, -0.05) is 18.2 Å². The second-order valence-electron chi connectivity index (χ2n) is 6.11. The lowest BCUT2D eigenvalue weighted by atomic mass is 10.1. The molecule has 2 unspecified atom stereocenters. The minimum Gasteiger partial charge on any atom is -0.369 e. The van der Waals surface area contributed by atoms with E-state index < -0.39 is 10.0 Å². The van der Waals surface area contributed by atoms with Crippen LogP contribution in [-0.4, -0.2) is 68.3 Å². The molecule has 2 atom stereocenters. The van der Waals surface area contributed by atoms with E-state index in [-0.39, 0.29) is 18.2 Å². The van der Waals surface area contributed by atoms with Crippen molar-refractivity contribution in [3.05, 3.63) is 29.8 Å². The molecule has 3 rings (SSSR count). The van der Waals surface area contributed by atoms with Crippen molar-refractivity contribution >= 4 is 21.7 Å². The Morgan fingerprint density at radius 1 is 1.17 bits per heavy atom. The van der Waals surface area contributed by atoms with Crippen LogP contribution in [0.5, 0.6) is 0 Å². The predicted octanol–water partition coefficient (Wildman–Crippen LogP) is 0.872. The van der Waals surface area contributed by atoms with E-state index in [0.717, 1.165) is 11.3 Å². The summed E-state index contributed by atoms with van der Waals surface area (Å²) >= 11 is 0. The number of nitrogens with zero attached hydrogens (tertiary/aromatic N) is 2. The average Bonchev–Trinajstić information content (AvgIpc) is 2.47. The normalized spacial score (nSPS) is 25.2. The average molecular weight is 339 g/mol. The van der Waals surface area contributed by atoms with Crippen LogP contribution in [0.25, 0.3) is 0 Å². The molecule has 1 aromatic carbocycles. The van der Waals surface area contributed by atoms with Crippen LogP contribution in [0, 0.1) is 6.92 Å². The fraction of sp³-hybridized carbons (Fsp3) is 0.533. The molecule has 2 heterocycles. The molecule has 0 radical (unpaired) electrons. The number of carbonyl (C=O) groups is 1. The van der Waals surface area contributed by atoms with Crippen molar-refractivity contribution in [2.24, 2.45) is 0 Å². The van der Waals surface area contributed by atoms with Crippen molar-refractivity contribution in [2.75, 3.05) is 37.8 Å². The van der Waals surface area contributed by atoms with Gasteiger partial charge in [0.1, 0.15) is 0 Å². The van der Waals surface area contributed by atoms with E-state index in [1.165, 1.54) is 10.6 Å². The van der Waals surface area contributed by atoms with Crippen LogP contribution in [0.2, 0.25) is 0 Å². The maximum atomic E-state index is 12.5. The van der Waals surface area contributed by atoms with Crippen molar-refractivity contribution in [1.29, 1.82) is 0 Å². The van der Waals surface area contributed by atoms with Crippen molar-refractivity contribution < 1.29 is 17.9 Å². The number of benzene rings is 1. The number of fused-ring (bicyclic) bond motifs is 2. The molecule has 2 saturated heterocycles. The largest absolute Gasteiger partial charge is 0.369 e. The second kappa shape index (κ2) is 6.10. The molecule has 1 aromatic rings. The zero-order valence-electron chi connectivity index (χ0n) is 13.2. The SMILES string of the molecule is Cc1ccccc1NC(=O)N1CC2CN(S(C)(=O)=O)CC(C1)O2. The summed E-state index contributed by atoms with van der Waals surface area (Å²) in [7, 11) is -3.23. The molecule has 8 heteroatoms. The van der Waals surface area contributed by atoms with Crippen LogP contribution < -0.4 is 5.32 Å². The van der Waals surface area contributed by atoms with Gasteiger partial charge < -0.3 is 15.0 Å². The Bertz CT molecular complexity index is 692. The van der Waals surface area contributed by atoms with Gasteiger partial charge in [0.15, 0.2) is 0 Å². The van der Waals surface area contributed by atoms with Crippen molar-refractivity contribution in [3.8, 4) is 0 Å². The monoisotopic (exact) mass is 339 g/mol. The van der Waals surface area contributed by atoms with Crippen molar-refractivity contribution in [1.82, 2.24) is 9.21 Å². The van der Waals surface area contributed by atoms with Gasteiger partial charge in [-0.15, -0.1) is 0 Å². The van der Waals surface area contributed by atoms with E-state index in [4.69, 9.17) is 4.74 Å². The Morgan fingerprint density at radius 2 is 1.78 bits per heavy atom. The molecule has 2 bridgehead atoms. The second-order valence-corrected chi connectivity index (χ2v) is 8.09. The third-order valence-electron chi connectivity index (χ3n) is 4.19. The molecule has 0 aliphatic carbocycles. The van der Waals surface area contributed by atoms with Crippen LogP contribution in [-0.2, 0) is 14.8 Å². The van der Waals surface area contributed by atoms with E-state index in [0.29, 0.717) is 26.2 Å². The van der Waals surface area contributed by atoms with Crippen LogP contribution in [0.1, 0.15) is 5.56 Å². The molecule has 23 heavy (non-hydrogen) atoms. The molecule has 0 aromatic heterocycles. The summed E-state index contributed by atoms with van der Waals surface area (Å²) in [6.45, 7) is 3.31. The topological polar surface area (TPSA) is 79.0 Å². The number of aryl methyl sites for hydroxylation is 1. The van der Waals surface area contributed by atoms with Gasteiger partial charge in [-0.05, 0) is 18.6 Å². The molecule has 0 spiro atoms. The standard InChI is InChI=1S/C15H21N3O4S/c1-11-5-3-4-6-14(11)16-15(19)17-7-12-9-18(23(2,20)21)10-13(8-17)22-12/h3-6,12-13H,7-10H2,1-2H3,(H,16,19). The first kappa shape index (κ1) is 16.2. The minimum atomic E-state index is -3.23. The predicted molar refractivity (Wildman–Crippen MR) is 86.8 cm³/mol. The number of amides is 2. The van der Waals surface area contributed by atoms with Gasteiger partial charge in [0.2, 0.25) is 10.0 Å². The lowest BCUT2D eigenvalue weighted by Gasteiger charge is -2.44. The van der Waals surface area contributed by atoms with Crippen molar-refractivity contribution in [2.45, 2.75) is 19.1 Å². The number of morpholine rings is 2. The molecular formula is C15H21N3O4S. The quantitative estimate of drug-likeness (QED) is 0.867. The molecule has 2 aliphatic rings. The van der Waals surface area contributed by atoms with Gasteiger partial charge in [-0.2, -0.15) is 4.31 Å². The number of sulfonamides is 1. The maximum Gasteiger partial charge on any atom is 0.322 e. The van der Waals surface area contributed by atoms with Gasteiger partial charge in [0, 0.05) is 18.8 Å². The number of para-hydroxylation sites is 1. The molecular weight excluding hydrogens is 318 g/mol. The zero-order valence-corrected chi connectivity index (χ0v) is 14.0. The third kappa shape index (κ3) is 3.65. The summed E-state index contributed by atoms with van der Waals surface area (Å²) in [6, 6.07) is 7.42. The van der Waals surface area contributed by atoms with Crippen LogP contribution in [0.4, 0.5) is 10.5 Å². The van der Waals surface area contributed by atoms with Gasteiger partial charge in [0.25, 0.3) is 0 Å². The highest BCUT2D eigenvalue weighted by Gasteiger charge is 2.39. The summed E-state index contributed by atoms with van der Waals surface area (Å²) < 4.78 is 30.6. The summed E-state index contributed by atoms with van der Waals surface area (Å²) in [5, 5.41) is 2.91. The van der Waals surface area contributed by atoms with Crippen LogP contribution in [0.15, 0.2) is 24.3 Å². The summed E-state index contributed by atoms with van der Waals surface area (Å²) in [4.78, 5) is 14.2. The fourth-order valence-electron chi connectivity index (χ4n) is 3.00. The molecule has 7 nitrogen and oxygen atoms in total. The molecule has 1 N–H and O–H groups in total. The zero-order chi connectivity index (χ0) is 16.6. The van der Waals surface area contributed by atoms with Gasteiger partial charge >= 0.3 is 6.03 Å². The molecule has 2 aliphatic heterocycles. The number of hydrogen-bond donors (Lipinski definition) is 1. The number of rotatable bonds is 2. The van der Waals surface area contributed by atoms with E-state index in [1.54, 1.807) is 4.90 Å². The lowest BCUT2D eigenvalue weighted by Crippen LogP contribution is -2.61. The first-order valence-electron chi connectivity index (χ1n) is 7.55.